The van der Waals surface area contributed by atoms with E-state index in [2.05, 4.69) is 61.9 Å². The average molecular weight is 551 g/mol. The number of aromatic nitrogens is 4. The summed E-state index contributed by atoms with van der Waals surface area (Å²) in [5.41, 5.74) is 4.98. The third kappa shape index (κ3) is 5.65. The Bertz CT molecular complexity index is 1580. The molecule has 9 heteroatoms. The van der Waals surface area contributed by atoms with Gasteiger partial charge in [-0.25, -0.2) is 4.98 Å². The van der Waals surface area contributed by atoms with Gasteiger partial charge in [-0.2, -0.15) is 0 Å². The van der Waals surface area contributed by atoms with Gasteiger partial charge in [0.25, 0.3) is 5.91 Å². The van der Waals surface area contributed by atoms with Crippen molar-refractivity contribution in [2.75, 3.05) is 31.1 Å². The highest BCUT2D eigenvalue weighted by molar-refractivity contribution is 7.98. The minimum atomic E-state index is -0.0953. The molecule has 0 radical (unpaired) electrons. The number of benzene rings is 3. The minimum Gasteiger partial charge on any atom is -0.447 e. The lowest BCUT2D eigenvalue weighted by atomic mass is 10.1. The van der Waals surface area contributed by atoms with E-state index in [0.29, 0.717) is 36.8 Å². The van der Waals surface area contributed by atoms with Crippen LogP contribution in [0, 0.1) is 6.92 Å². The molecule has 0 bridgehead atoms. The van der Waals surface area contributed by atoms with E-state index in [1.165, 1.54) is 34.8 Å². The van der Waals surface area contributed by atoms with Crippen molar-refractivity contribution in [3.8, 4) is 5.69 Å². The quantitative estimate of drug-likeness (QED) is 0.239. The monoisotopic (exact) mass is 550 g/mol. The van der Waals surface area contributed by atoms with Crippen molar-refractivity contribution >= 4 is 23.4 Å². The molecule has 0 unspecified atom stereocenters. The standard InChI is InChI=1S/C31H30N6O2S/c1-23-10-8-9-15-27(23)35-16-18-36(19-17-35)30(38)26-21-39-29(32-26)22-40-31-34-33-28(20-24-11-4-2-5-12-24)37(31)25-13-6-3-7-14-25/h2-15,21H,16-20,22H2,1H3. The molecule has 5 aromatic rings. The number of aryl methyl sites for hydroxylation is 1. The normalized spacial score (nSPS) is 13.5. The number of rotatable bonds is 8. The number of anilines is 1. The SMILES string of the molecule is Cc1ccccc1N1CCN(C(=O)c2coc(CSc3nnc(Cc4ccccc4)n3-c3ccccc3)n2)CC1. The molecule has 0 spiro atoms. The molecule has 202 valence electrons. The molecule has 0 saturated carbocycles. The molecular weight excluding hydrogens is 520 g/mol. The fourth-order valence-electron chi connectivity index (χ4n) is 4.96. The molecule has 0 aliphatic carbocycles. The summed E-state index contributed by atoms with van der Waals surface area (Å²) in [6, 6.07) is 28.7. The van der Waals surface area contributed by atoms with Crippen LogP contribution in [0.1, 0.15) is 33.3 Å². The van der Waals surface area contributed by atoms with Gasteiger partial charge < -0.3 is 14.2 Å². The smallest absolute Gasteiger partial charge is 0.275 e. The Kier molecular flexibility index (Phi) is 7.63. The zero-order valence-electron chi connectivity index (χ0n) is 22.3. The van der Waals surface area contributed by atoms with Gasteiger partial charge in [0.1, 0.15) is 12.1 Å². The maximum Gasteiger partial charge on any atom is 0.275 e. The number of para-hydroxylation sites is 2. The largest absolute Gasteiger partial charge is 0.447 e. The minimum absolute atomic E-state index is 0.0953. The van der Waals surface area contributed by atoms with E-state index in [-0.39, 0.29) is 5.91 Å². The van der Waals surface area contributed by atoms with E-state index in [9.17, 15) is 4.79 Å². The van der Waals surface area contributed by atoms with E-state index in [4.69, 9.17) is 4.42 Å². The number of amides is 1. The highest BCUT2D eigenvalue weighted by atomic mass is 32.2. The first-order valence-corrected chi connectivity index (χ1v) is 14.3. The number of piperazine rings is 1. The summed E-state index contributed by atoms with van der Waals surface area (Å²) in [6.45, 7) is 4.99. The second-order valence-electron chi connectivity index (χ2n) is 9.71. The molecule has 1 amide bonds. The van der Waals surface area contributed by atoms with E-state index >= 15 is 0 Å². The second kappa shape index (κ2) is 11.8. The molecule has 8 nitrogen and oxygen atoms in total. The van der Waals surface area contributed by atoms with Gasteiger partial charge in [-0.15, -0.1) is 10.2 Å². The number of thioether (sulfide) groups is 1. The Morgan fingerprint density at radius 2 is 1.57 bits per heavy atom. The molecule has 1 saturated heterocycles. The number of carbonyl (C=O) groups excluding carboxylic acids is 1. The Morgan fingerprint density at radius 3 is 2.33 bits per heavy atom. The van der Waals surface area contributed by atoms with Gasteiger partial charge in [0.05, 0.1) is 5.75 Å². The van der Waals surface area contributed by atoms with Gasteiger partial charge in [-0.1, -0.05) is 78.5 Å². The number of hydrogen-bond donors (Lipinski definition) is 0. The van der Waals surface area contributed by atoms with Crippen molar-refractivity contribution in [1.29, 1.82) is 0 Å². The van der Waals surface area contributed by atoms with Crippen molar-refractivity contribution in [1.82, 2.24) is 24.6 Å². The number of oxazole rings is 1. The Balaban J connectivity index is 1.12. The summed E-state index contributed by atoms with van der Waals surface area (Å²) in [6.07, 6.45) is 2.13. The van der Waals surface area contributed by atoms with E-state index in [0.717, 1.165) is 29.8 Å². The van der Waals surface area contributed by atoms with Crippen molar-refractivity contribution in [3.05, 3.63) is 120 Å². The molecule has 1 fully saturated rings. The van der Waals surface area contributed by atoms with Gasteiger partial charge in [0.15, 0.2) is 10.9 Å². The third-order valence-electron chi connectivity index (χ3n) is 7.04. The van der Waals surface area contributed by atoms with Crippen LogP contribution in [0.4, 0.5) is 5.69 Å². The number of nitrogens with zero attached hydrogens (tertiary/aromatic N) is 6. The first-order valence-electron chi connectivity index (χ1n) is 13.4. The van der Waals surface area contributed by atoms with E-state index in [1.54, 1.807) is 0 Å². The van der Waals surface area contributed by atoms with E-state index < -0.39 is 0 Å². The summed E-state index contributed by atoms with van der Waals surface area (Å²) in [5, 5.41) is 9.73. The summed E-state index contributed by atoms with van der Waals surface area (Å²) in [7, 11) is 0. The predicted octanol–water partition coefficient (Wildman–Crippen LogP) is 5.41. The van der Waals surface area contributed by atoms with Gasteiger partial charge in [0.2, 0.25) is 5.89 Å². The Labute approximate surface area is 237 Å². The molecular formula is C31H30N6O2S. The molecule has 6 rings (SSSR count). The predicted molar refractivity (Wildman–Crippen MR) is 156 cm³/mol. The average Bonchev–Trinajstić information content (AvgIpc) is 3.64. The highest BCUT2D eigenvalue weighted by Crippen LogP contribution is 2.27. The molecule has 3 heterocycles. The van der Waals surface area contributed by atoms with Crippen LogP contribution in [0.2, 0.25) is 0 Å². The zero-order chi connectivity index (χ0) is 27.3. The van der Waals surface area contributed by atoms with Crippen molar-refractivity contribution in [2.45, 2.75) is 24.3 Å². The lowest BCUT2D eigenvalue weighted by Gasteiger charge is -2.36. The van der Waals surface area contributed by atoms with Crippen LogP contribution in [-0.2, 0) is 12.2 Å². The van der Waals surface area contributed by atoms with Crippen molar-refractivity contribution < 1.29 is 9.21 Å². The summed E-state index contributed by atoms with van der Waals surface area (Å²) >= 11 is 1.49. The lowest BCUT2D eigenvalue weighted by Crippen LogP contribution is -2.49. The first-order chi connectivity index (χ1) is 19.7. The van der Waals surface area contributed by atoms with E-state index in [1.807, 2.05) is 59.5 Å². The van der Waals surface area contributed by atoms with Crippen LogP contribution in [0.5, 0.6) is 0 Å². The Morgan fingerprint density at radius 1 is 0.875 bits per heavy atom. The van der Waals surface area contributed by atoms with Gasteiger partial charge in [0, 0.05) is 44.0 Å². The Hall–Kier alpha value is -4.37. The van der Waals surface area contributed by atoms with Crippen LogP contribution >= 0.6 is 11.8 Å². The molecule has 1 aliphatic rings. The molecule has 0 N–H and O–H groups in total. The fraction of sp³-hybridized carbons (Fsp3) is 0.226. The van der Waals surface area contributed by atoms with Crippen LogP contribution in [0.25, 0.3) is 5.69 Å². The van der Waals surface area contributed by atoms with Crippen LogP contribution in [-0.4, -0.2) is 56.7 Å². The molecule has 2 aromatic heterocycles. The number of hydrogen-bond acceptors (Lipinski definition) is 7. The zero-order valence-corrected chi connectivity index (χ0v) is 23.1. The molecule has 0 atom stereocenters. The maximum atomic E-state index is 13.2. The van der Waals surface area contributed by atoms with Crippen molar-refractivity contribution in [2.24, 2.45) is 0 Å². The maximum absolute atomic E-state index is 13.2. The molecule has 40 heavy (non-hydrogen) atoms. The molecule has 3 aromatic carbocycles. The number of carbonyl (C=O) groups is 1. The molecule has 1 aliphatic heterocycles. The summed E-state index contributed by atoms with van der Waals surface area (Å²) in [5.74, 6) is 1.68. The van der Waals surface area contributed by atoms with Gasteiger partial charge in [-0.05, 0) is 36.2 Å². The van der Waals surface area contributed by atoms with Crippen LogP contribution in [0.15, 0.2) is 101 Å². The van der Waals surface area contributed by atoms with Gasteiger partial charge in [-0.3, -0.25) is 9.36 Å². The second-order valence-corrected chi connectivity index (χ2v) is 10.7. The first kappa shape index (κ1) is 25.9. The summed E-state index contributed by atoms with van der Waals surface area (Å²) < 4.78 is 7.78. The van der Waals surface area contributed by atoms with Gasteiger partial charge >= 0.3 is 0 Å². The fourth-order valence-corrected chi connectivity index (χ4v) is 5.78. The van der Waals surface area contributed by atoms with Crippen LogP contribution in [0.3, 0.4) is 0 Å². The summed E-state index contributed by atoms with van der Waals surface area (Å²) in [4.78, 5) is 21.9. The lowest BCUT2D eigenvalue weighted by molar-refractivity contribution is 0.0740. The third-order valence-corrected chi connectivity index (χ3v) is 7.95. The van der Waals surface area contributed by atoms with Crippen molar-refractivity contribution in [3.63, 3.8) is 0 Å². The highest BCUT2D eigenvalue weighted by Gasteiger charge is 2.25. The topological polar surface area (TPSA) is 80.3 Å². The van der Waals surface area contributed by atoms with Crippen LogP contribution < -0.4 is 4.90 Å².